The summed E-state index contributed by atoms with van der Waals surface area (Å²) in [5.41, 5.74) is 12.7. The van der Waals surface area contributed by atoms with Crippen LogP contribution < -0.4 is 21.8 Å². The Morgan fingerprint density at radius 1 is 1.03 bits per heavy atom. The van der Waals surface area contributed by atoms with Gasteiger partial charge in [0.1, 0.15) is 24.2 Å². The number of aryl methyl sites for hydroxylation is 1. The van der Waals surface area contributed by atoms with Crippen LogP contribution >= 0.6 is 0 Å². The molecule has 0 radical (unpaired) electrons. The molecule has 0 aliphatic rings. The van der Waals surface area contributed by atoms with Crippen molar-refractivity contribution in [1.82, 2.24) is 9.55 Å². The van der Waals surface area contributed by atoms with Crippen molar-refractivity contribution < 1.29 is 23.8 Å². The van der Waals surface area contributed by atoms with Crippen LogP contribution in [0.4, 0.5) is 0 Å². The van der Waals surface area contributed by atoms with Crippen molar-refractivity contribution in [3.63, 3.8) is 0 Å². The molecular weight excluding hydrogens is 500 g/mol. The molecular formula is C29H38N4O6. The van der Waals surface area contributed by atoms with Gasteiger partial charge in [0.15, 0.2) is 6.10 Å². The lowest BCUT2D eigenvalue weighted by atomic mass is 10.1. The van der Waals surface area contributed by atoms with E-state index in [1.54, 1.807) is 29.7 Å². The maximum Gasteiger partial charge on any atom is 0.343 e. The maximum atomic E-state index is 13.0. The summed E-state index contributed by atoms with van der Waals surface area (Å²) in [6.45, 7) is 5.17. The average molecular weight is 539 g/mol. The number of hydrogen-bond acceptors (Lipinski definition) is 9. The molecule has 1 heterocycles. The van der Waals surface area contributed by atoms with Gasteiger partial charge in [-0.25, -0.2) is 14.6 Å². The number of fused-ring (bicyclic) bond motifs is 1. The van der Waals surface area contributed by atoms with Crippen molar-refractivity contribution >= 4 is 22.8 Å². The number of ether oxygens (including phenoxy) is 3. The van der Waals surface area contributed by atoms with Gasteiger partial charge in [0.25, 0.3) is 5.56 Å². The van der Waals surface area contributed by atoms with Crippen LogP contribution in [0.25, 0.3) is 10.9 Å². The Morgan fingerprint density at radius 2 is 1.77 bits per heavy atom. The Morgan fingerprint density at radius 3 is 2.46 bits per heavy atom. The normalized spacial score (nSPS) is 12.7. The van der Waals surface area contributed by atoms with Crippen LogP contribution in [0.15, 0.2) is 53.3 Å². The van der Waals surface area contributed by atoms with Crippen LogP contribution in [-0.4, -0.2) is 53.4 Å². The quantitative estimate of drug-likeness (QED) is 0.169. The van der Waals surface area contributed by atoms with E-state index in [2.05, 4.69) is 4.98 Å². The predicted molar refractivity (Wildman–Crippen MR) is 148 cm³/mol. The second-order valence-corrected chi connectivity index (χ2v) is 9.13. The number of esters is 2. The fourth-order valence-electron chi connectivity index (χ4n) is 4.18. The number of nitrogens with zero attached hydrogens (tertiary/aromatic N) is 2. The first kappa shape index (κ1) is 29.9. The molecule has 3 aromatic rings. The lowest BCUT2D eigenvalue weighted by molar-refractivity contribution is -0.169. The molecule has 210 valence electrons. The fourth-order valence-corrected chi connectivity index (χ4v) is 4.18. The molecule has 0 bridgehead atoms. The number of benzene rings is 2. The molecule has 1 aromatic heterocycles. The number of para-hydroxylation sites is 1. The van der Waals surface area contributed by atoms with E-state index in [1.807, 2.05) is 37.3 Å². The number of hydrogen-bond donors (Lipinski definition) is 2. The third-order valence-electron chi connectivity index (χ3n) is 6.29. The molecule has 39 heavy (non-hydrogen) atoms. The number of carbonyl (C=O) groups excluding carboxylic acids is 2. The molecule has 0 saturated heterocycles. The van der Waals surface area contributed by atoms with Crippen LogP contribution in [0.1, 0.15) is 44.5 Å². The largest absolute Gasteiger partial charge is 0.492 e. The number of carbonyl (C=O) groups is 2. The fraction of sp³-hybridized carbons (Fsp3) is 0.448. The van der Waals surface area contributed by atoms with Crippen molar-refractivity contribution in [2.24, 2.45) is 11.5 Å². The smallest absolute Gasteiger partial charge is 0.343 e. The zero-order valence-corrected chi connectivity index (χ0v) is 22.6. The van der Waals surface area contributed by atoms with E-state index in [0.29, 0.717) is 54.8 Å². The van der Waals surface area contributed by atoms with Gasteiger partial charge in [-0.2, -0.15) is 0 Å². The molecule has 3 rings (SSSR count). The Kier molecular flexibility index (Phi) is 11.6. The second kappa shape index (κ2) is 15.1. The molecule has 0 spiro atoms. The highest BCUT2D eigenvalue weighted by molar-refractivity contribution is 5.90. The van der Waals surface area contributed by atoms with Crippen LogP contribution in [0.2, 0.25) is 0 Å². The molecule has 1 unspecified atom stereocenters. The zero-order chi connectivity index (χ0) is 28.2. The number of nitrogens with two attached hydrogens (primary N) is 2. The first-order chi connectivity index (χ1) is 18.9. The van der Waals surface area contributed by atoms with Gasteiger partial charge in [-0.15, -0.1) is 0 Å². The van der Waals surface area contributed by atoms with E-state index in [4.69, 9.17) is 25.7 Å². The first-order valence-corrected chi connectivity index (χ1v) is 13.4. The highest BCUT2D eigenvalue weighted by Gasteiger charge is 2.26. The Labute approximate surface area is 228 Å². The Bertz CT molecular complexity index is 1290. The van der Waals surface area contributed by atoms with Crippen molar-refractivity contribution in [2.45, 2.75) is 64.6 Å². The van der Waals surface area contributed by atoms with E-state index >= 15 is 0 Å². The molecule has 10 nitrogen and oxygen atoms in total. The molecule has 0 amide bonds. The van der Waals surface area contributed by atoms with Gasteiger partial charge in [0.2, 0.25) is 0 Å². The van der Waals surface area contributed by atoms with Gasteiger partial charge in [0.05, 0.1) is 17.4 Å². The third-order valence-corrected chi connectivity index (χ3v) is 6.29. The van der Waals surface area contributed by atoms with E-state index in [9.17, 15) is 14.4 Å². The molecule has 2 aromatic carbocycles. The van der Waals surface area contributed by atoms with Crippen LogP contribution in [0, 0.1) is 0 Å². The van der Waals surface area contributed by atoms with Crippen LogP contribution in [0.5, 0.6) is 5.75 Å². The van der Waals surface area contributed by atoms with Gasteiger partial charge >= 0.3 is 11.9 Å². The second-order valence-electron chi connectivity index (χ2n) is 9.13. The van der Waals surface area contributed by atoms with Gasteiger partial charge in [-0.3, -0.25) is 9.36 Å². The molecule has 0 aliphatic heterocycles. The lowest BCUT2D eigenvalue weighted by Gasteiger charge is -2.17. The average Bonchev–Trinajstić information content (AvgIpc) is 2.94. The minimum Gasteiger partial charge on any atom is -0.492 e. The van der Waals surface area contributed by atoms with Crippen molar-refractivity contribution in [2.75, 3.05) is 19.8 Å². The van der Waals surface area contributed by atoms with Gasteiger partial charge < -0.3 is 25.7 Å². The molecule has 0 fully saturated rings. The van der Waals surface area contributed by atoms with E-state index in [-0.39, 0.29) is 25.2 Å². The summed E-state index contributed by atoms with van der Waals surface area (Å²) in [5, 5.41) is 0.580. The van der Waals surface area contributed by atoms with E-state index in [1.165, 1.54) is 0 Å². The van der Waals surface area contributed by atoms with Crippen molar-refractivity contribution in [1.29, 1.82) is 0 Å². The Hall–Kier alpha value is -3.60. The van der Waals surface area contributed by atoms with Crippen molar-refractivity contribution in [3.05, 3.63) is 70.3 Å². The number of rotatable bonds is 15. The zero-order valence-electron chi connectivity index (χ0n) is 22.6. The van der Waals surface area contributed by atoms with Gasteiger partial charge in [-0.05, 0) is 56.1 Å². The minimum absolute atomic E-state index is 0.0831. The topological polar surface area (TPSA) is 149 Å². The van der Waals surface area contributed by atoms with Gasteiger partial charge in [-0.1, -0.05) is 37.6 Å². The standard InChI is InChI=1S/C29H38N4O6/c1-3-26-32-24-11-6-5-9-22(24)27(34)33(26)17-18-38-21-14-12-20(13-15-21)19-25(37-4-2)29(36)39-28(35)23(31)10-7-8-16-30/h5-6,9,11-15,23,25H,3-4,7-8,10,16-19,30-31H2,1-2H3/t23-,25?/m0/s1. The highest BCUT2D eigenvalue weighted by Crippen LogP contribution is 2.16. The summed E-state index contributed by atoms with van der Waals surface area (Å²) in [7, 11) is 0. The third kappa shape index (κ3) is 8.44. The van der Waals surface area contributed by atoms with Crippen molar-refractivity contribution in [3.8, 4) is 5.75 Å². The number of aromatic nitrogens is 2. The maximum absolute atomic E-state index is 13.0. The molecule has 10 heteroatoms. The minimum atomic E-state index is -0.943. The van der Waals surface area contributed by atoms with E-state index in [0.717, 1.165) is 12.0 Å². The lowest BCUT2D eigenvalue weighted by Crippen LogP contribution is -2.38. The molecule has 0 saturated carbocycles. The van der Waals surface area contributed by atoms with E-state index < -0.39 is 24.1 Å². The summed E-state index contributed by atoms with van der Waals surface area (Å²) in [5.74, 6) is -0.204. The van der Waals surface area contributed by atoms with Crippen LogP contribution in [0.3, 0.4) is 0 Å². The highest BCUT2D eigenvalue weighted by atomic mass is 16.6. The molecule has 2 atom stereocenters. The van der Waals surface area contributed by atoms with Gasteiger partial charge in [0, 0.05) is 19.4 Å². The summed E-state index contributed by atoms with van der Waals surface area (Å²) in [4.78, 5) is 42.3. The summed E-state index contributed by atoms with van der Waals surface area (Å²) in [6, 6.07) is 13.6. The molecule has 4 N–H and O–H groups in total. The summed E-state index contributed by atoms with van der Waals surface area (Å²) < 4.78 is 18.1. The summed E-state index contributed by atoms with van der Waals surface area (Å²) >= 11 is 0. The Balaban J connectivity index is 1.56. The summed E-state index contributed by atoms with van der Waals surface area (Å²) in [6.07, 6.45) is 1.73. The predicted octanol–water partition coefficient (Wildman–Crippen LogP) is 2.51. The first-order valence-electron chi connectivity index (χ1n) is 13.4. The number of unbranched alkanes of at least 4 members (excludes halogenated alkanes) is 1. The monoisotopic (exact) mass is 538 g/mol. The van der Waals surface area contributed by atoms with Crippen LogP contribution in [-0.2, 0) is 38.4 Å². The SMILES string of the molecule is CCOC(Cc1ccc(OCCn2c(CC)nc3ccccc3c2=O)cc1)C(=O)OC(=O)[C@@H](N)CCCCN. The molecule has 0 aliphatic carbocycles.